The van der Waals surface area contributed by atoms with E-state index in [1.54, 1.807) is 22.7 Å². The maximum atomic E-state index is 6.68. The summed E-state index contributed by atoms with van der Waals surface area (Å²) in [5.74, 6) is 1.98. The molecule has 0 bridgehead atoms. The Morgan fingerprint density at radius 1 is 0.491 bits per heavy atom. The number of para-hydroxylation sites is 2. The molecule has 2 aromatic carbocycles. The first-order chi connectivity index (χ1) is 27.8. The minimum atomic E-state index is -3.05. The first kappa shape index (κ1) is 49.8. The largest absolute Gasteiger partial charge is 0.504 e. The zero-order valence-corrected chi connectivity index (χ0v) is 42.7. The van der Waals surface area contributed by atoms with E-state index in [0.717, 1.165) is 71.1 Å². The van der Waals surface area contributed by atoms with Crippen LogP contribution in [0.5, 0.6) is 0 Å². The van der Waals surface area contributed by atoms with Gasteiger partial charge in [-0.1, -0.05) is 101 Å². The molecule has 2 aromatic heterocycles. The molecule has 0 aliphatic carbocycles. The van der Waals surface area contributed by atoms with Crippen molar-refractivity contribution < 1.29 is 26.6 Å². The Hall–Kier alpha value is 0.164. The lowest BCUT2D eigenvalue weighted by Gasteiger charge is -2.37. The Morgan fingerprint density at radius 3 is 1.11 bits per heavy atom. The summed E-state index contributed by atoms with van der Waals surface area (Å²) in [4.78, 5) is 10.4. The Labute approximate surface area is 371 Å². The first-order valence-corrected chi connectivity index (χ1v) is 32.3. The van der Waals surface area contributed by atoms with Crippen LogP contribution in [0.1, 0.15) is 116 Å². The summed E-state index contributed by atoms with van der Waals surface area (Å²) >= 11 is 3.58. The summed E-state index contributed by atoms with van der Waals surface area (Å²) in [6.07, 6.45) is 5.50. The van der Waals surface area contributed by atoms with Gasteiger partial charge in [0.15, 0.2) is 0 Å². The molecule has 4 unspecified atom stereocenters. The maximum Gasteiger partial charge on any atom is 0.504 e. The third-order valence-electron chi connectivity index (χ3n) is 9.27. The van der Waals surface area contributed by atoms with Crippen molar-refractivity contribution in [1.29, 1.82) is 0 Å². The van der Waals surface area contributed by atoms with Crippen molar-refractivity contribution in [2.45, 2.75) is 117 Å². The van der Waals surface area contributed by atoms with Gasteiger partial charge >= 0.3 is 17.6 Å². The van der Waals surface area contributed by atoms with Crippen LogP contribution < -0.4 is 0 Å². The van der Waals surface area contributed by atoms with Crippen molar-refractivity contribution in [3.63, 3.8) is 0 Å². The van der Waals surface area contributed by atoms with Crippen molar-refractivity contribution in [2.24, 2.45) is 0 Å². The molecule has 8 nitrogen and oxygen atoms in total. The number of aromatic nitrogens is 2. The van der Waals surface area contributed by atoms with Crippen LogP contribution in [-0.4, -0.2) is 78.7 Å². The smallest absolute Gasteiger partial charge is 0.373 e. The minimum absolute atomic E-state index is 0.0445. The molecule has 0 radical (unpaired) electrons. The molecule has 4 aromatic rings. The lowest BCUT2D eigenvalue weighted by Crippen LogP contribution is -2.52. The van der Waals surface area contributed by atoms with E-state index >= 15 is 0 Å². The predicted octanol–water partition coefficient (Wildman–Crippen LogP) is 14.3. The Balaban J connectivity index is 1.49. The lowest BCUT2D eigenvalue weighted by atomic mass is 10.1. The quantitative estimate of drug-likeness (QED) is 0.0265. The van der Waals surface area contributed by atoms with E-state index in [1.807, 2.05) is 51.1 Å². The van der Waals surface area contributed by atoms with Gasteiger partial charge in [0.05, 0.1) is 30.4 Å². The van der Waals surface area contributed by atoms with E-state index in [4.69, 9.17) is 36.5 Å². The number of thiazole rings is 2. The fourth-order valence-electron chi connectivity index (χ4n) is 6.21. The number of rotatable bonds is 32. The molecular formula is C40H64N2O6S7Si2. The fraction of sp³-hybridized carbons (Fsp3) is 0.650. The molecule has 0 saturated heterocycles. The molecule has 4 rings (SSSR count). The molecule has 2 heterocycles. The third kappa shape index (κ3) is 14.6. The lowest BCUT2D eigenvalue weighted by molar-refractivity contribution is 0.0482. The topological polar surface area (TPSA) is 81.2 Å². The second kappa shape index (κ2) is 27.3. The van der Waals surface area contributed by atoms with Gasteiger partial charge in [-0.15, -0.1) is 22.7 Å². The maximum absolute atomic E-state index is 6.68. The van der Waals surface area contributed by atoms with Crippen LogP contribution in [0.25, 0.3) is 20.4 Å². The van der Waals surface area contributed by atoms with Gasteiger partial charge in [-0.3, -0.25) is 0 Å². The number of hydrogen-bond donors (Lipinski definition) is 0. The highest BCUT2D eigenvalue weighted by molar-refractivity contribution is 9.35. The van der Waals surface area contributed by atoms with E-state index in [-0.39, 0.29) is 22.9 Å². The number of nitrogens with zero attached hydrogens (tertiary/aromatic N) is 2. The van der Waals surface area contributed by atoms with Crippen LogP contribution in [0.4, 0.5) is 0 Å². The highest BCUT2D eigenvalue weighted by Gasteiger charge is 2.52. The van der Waals surface area contributed by atoms with E-state index in [1.165, 1.54) is 9.40 Å². The normalized spacial score (nSPS) is 14.7. The summed E-state index contributed by atoms with van der Waals surface area (Å²) in [5.41, 5.74) is 2.18. The van der Waals surface area contributed by atoms with Gasteiger partial charge < -0.3 is 26.6 Å². The Morgan fingerprint density at radius 2 is 0.807 bits per heavy atom. The van der Waals surface area contributed by atoms with Crippen LogP contribution >= 0.6 is 73.7 Å². The number of fused-ring (bicyclic) bond motifs is 2. The average molecular weight is 950 g/mol. The van der Waals surface area contributed by atoms with E-state index in [9.17, 15) is 0 Å². The highest BCUT2D eigenvalue weighted by atomic mass is 33.8. The van der Waals surface area contributed by atoms with Gasteiger partial charge in [0.25, 0.3) is 0 Å². The number of hydrogen-bond acceptors (Lipinski definition) is 15. The Kier molecular flexibility index (Phi) is 23.8. The molecule has 0 spiro atoms. The summed E-state index contributed by atoms with van der Waals surface area (Å²) in [6, 6.07) is 16.9. The van der Waals surface area contributed by atoms with Crippen LogP contribution in [-0.2, 0) is 26.6 Å². The van der Waals surface area contributed by atoms with Gasteiger partial charge in [-0.05, 0) is 92.3 Å². The summed E-state index contributed by atoms with van der Waals surface area (Å²) < 4.78 is 42.5. The van der Waals surface area contributed by atoms with Crippen LogP contribution in [0.2, 0.25) is 11.1 Å². The molecule has 0 N–H and O–H groups in total. The molecule has 320 valence electrons. The minimum Gasteiger partial charge on any atom is -0.373 e. The molecule has 57 heavy (non-hydrogen) atoms. The third-order valence-corrected chi connectivity index (χ3v) is 27.0. The molecule has 0 aliphatic heterocycles. The van der Waals surface area contributed by atoms with Crippen molar-refractivity contribution in [3.05, 3.63) is 58.5 Å². The van der Waals surface area contributed by atoms with Crippen LogP contribution in [0.3, 0.4) is 0 Å². The van der Waals surface area contributed by atoms with Crippen LogP contribution in [0, 0.1) is 0 Å². The van der Waals surface area contributed by atoms with E-state index < -0.39 is 17.6 Å². The van der Waals surface area contributed by atoms with Crippen molar-refractivity contribution in [1.82, 2.24) is 9.97 Å². The average Bonchev–Trinajstić information content (AvgIpc) is 3.87. The van der Waals surface area contributed by atoms with Gasteiger partial charge in [-0.2, -0.15) is 0 Å². The van der Waals surface area contributed by atoms with Crippen molar-refractivity contribution in [2.75, 3.05) is 51.1 Å². The molecular weight excluding hydrogens is 885 g/mol. The summed E-state index contributed by atoms with van der Waals surface area (Å²) in [6.45, 7) is 21.2. The number of benzene rings is 2. The van der Waals surface area contributed by atoms with Gasteiger partial charge in [0.1, 0.15) is 0 Å². The van der Waals surface area contributed by atoms with Gasteiger partial charge in [0, 0.05) is 74.1 Å². The molecule has 4 atom stereocenters. The second-order valence-corrected chi connectivity index (χ2v) is 29.9. The van der Waals surface area contributed by atoms with Crippen LogP contribution in [0.15, 0.2) is 48.5 Å². The van der Waals surface area contributed by atoms with Crippen molar-refractivity contribution >= 4 is 112 Å². The molecule has 17 heteroatoms. The fourth-order valence-corrected chi connectivity index (χ4v) is 25.3. The SMILES string of the molecule is CCCO[Si](OCCC)(OCCC)C(C)C(CSSSSSCC(c1nc2ccccc2s1)C(C)[Si](OCCC)(OCCC)OCCC)c1nc2ccccc2s1. The van der Waals surface area contributed by atoms with E-state index in [0.29, 0.717) is 39.6 Å². The molecule has 0 fully saturated rings. The van der Waals surface area contributed by atoms with E-state index in [2.05, 4.69) is 104 Å². The molecule has 0 aliphatic rings. The Bertz CT molecular complexity index is 1460. The summed E-state index contributed by atoms with van der Waals surface area (Å²) in [7, 11) is 3.14. The predicted molar refractivity (Wildman–Crippen MR) is 260 cm³/mol. The second-order valence-electron chi connectivity index (χ2n) is 13.9. The molecule has 0 amide bonds. The molecule has 0 saturated carbocycles. The zero-order chi connectivity index (χ0) is 40.9. The first-order valence-electron chi connectivity index (χ1n) is 20.6. The summed E-state index contributed by atoms with van der Waals surface area (Å²) in [5, 5.41) is 2.25. The van der Waals surface area contributed by atoms with Crippen molar-refractivity contribution in [3.8, 4) is 0 Å². The zero-order valence-electron chi connectivity index (χ0n) is 35.0. The monoisotopic (exact) mass is 948 g/mol. The highest BCUT2D eigenvalue weighted by Crippen LogP contribution is 2.54. The standard InChI is InChI=1S/C40H64N2O6S7Si2/c1-9-23-43-56(44-24-10-2,45-25-11-3)31(7)33(39-41-35-19-15-17-21-37(35)51-39)29-49-53-55-54-50-30-34(40-42-36-20-16-18-22-38(36)52-40)32(8)57(46-26-12-4,47-27-13-5)48-28-14-6/h15-22,31-34H,9-14,23-30H2,1-8H3. The van der Waals surface area contributed by atoms with Gasteiger partial charge in [0.2, 0.25) is 0 Å². The van der Waals surface area contributed by atoms with Gasteiger partial charge in [-0.25, -0.2) is 9.97 Å².